The first-order valence-electron chi connectivity index (χ1n) is 9.48. The van der Waals surface area contributed by atoms with E-state index in [0.717, 1.165) is 19.3 Å². The van der Waals surface area contributed by atoms with Crippen molar-refractivity contribution in [1.82, 2.24) is 0 Å². The van der Waals surface area contributed by atoms with Gasteiger partial charge in [-0.25, -0.2) is 0 Å². The number of aliphatic hydroxyl groups is 2. The molecule has 2 fully saturated rings. The summed E-state index contributed by atoms with van der Waals surface area (Å²) < 4.78 is 5.48. The van der Waals surface area contributed by atoms with Gasteiger partial charge in [-0.05, 0) is 36.5 Å². The van der Waals surface area contributed by atoms with Crippen molar-refractivity contribution in [2.75, 3.05) is 0 Å². The van der Waals surface area contributed by atoms with Gasteiger partial charge in [-0.3, -0.25) is 9.59 Å². The Morgan fingerprint density at radius 3 is 2.36 bits per heavy atom. The lowest BCUT2D eigenvalue weighted by Gasteiger charge is -2.61. The van der Waals surface area contributed by atoms with Crippen LogP contribution < -0.4 is 0 Å². The summed E-state index contributed by atoms with van der Waals surface area (Å²) in [5, 5.41) is 20.9. The number of carbonyl (C=O) groups is 2. The number of ether oxygens (including phenoxy) is 1. The number of esters is 1. The third-order valence-corrected chi connectivity index (χ3v) is 6.67. The predicted molar refractivity (Wildman–Crippen MR) is 94.7 cm³/mol. The van der Waals surface area contributed by atoms with E-state index in [4.69, 9.17) is 4.74 Å². The molecule has 0 aromatic heterocycles. The van der Waals surface area contributed by atoms with E-state index in [1.54, 1.807) is 6.92 Å². The van der Waals surface area contributed by atoms with Gasteiger partial charge in [0.05, 0.1) is 12.2 Å². The van der Waals surface area contributed by atoms with Crippen LogP contribution in [0.5, 0.6) is 0 Å². The third-order valence-electron chi connectivity index (χ3n) is 6.67. The van der Waals surface area contributed by atoms with Gasteiger partial charge in [0.15, 0.2) is 0 Å². The van der Waals surface area contributed by atoms with E-state index in [1.807, 2.05) is 6.92 Å². The minimum atomic E-state index is -0.783. The highest BCUT2D eigenvalue weighted by atomic mass is 16.6. The van der Waals surface area contributed by atoms with Gasteiger partial charge in [-0.15, -0.1) is 0 Å². The SMILES string of the molecule is CC(=O)O[C@@H]1[C@H](C)C(C(=O)C[C@@H](C)O)[C@@]2(C)CCCC(C)(C)C2[C@@H]1O. The molecule has 0 bridgehead atoms. The zero-order chi connectivity index (χ0) is 19.2. The van der Waals surface area contributed by atoms with Gasteiger partial charge in [0.1, 0.15) is 11.9 Å². The number of rotatable bonds is 4. The Labute approximate surface area is 151 Å². The summed E-state index contributed by atoms with van der Waals surface area (Å²) in [6, 6.07) is 0. The molecule has 5 nitrogen and oxygen atoms in total. The first-order valence-corrected chi connectivity index (χ1v) is 9.48. The Morgan fingerprint density at radius 1 is 1.24 bits per heavy atom. The molecule has 2 aliphatic rings. The number of fused-ring (bicyclic) bond motifs is 1. The van der Waals surface area contributed by atoms with Gasteiger partial charge in [-0.2, -0.15) is 0 Å². The average molecular weight is 354 g/mol. The molecule has 2 N–H and O–H groups in total. The summed E-state index contributed by atoms with van der Waals surface area (Å²) in [5.41, 5.74) is -0.502. The van der Waals surface area contributed by atoms with Crippen LogP contribution >= 0.6 is 0 Å². The summed E-state index contributed by atoms with van der Waals surface area (Å²) in [4.78, 5) is 24.6. The molecule has 0 radical (unpaired) electrons. The summed E-state index contributed by atoms with van der Waals surface area (Å²) in [6.07, 6.45) is 0.786. The predicted octanol–water partition coefficient (Wildman–Crippen LogP) is 2.72. The molecule has 0 saturated heterocycles. The first kappa shape index (κ1) is 20.4. The Balaban J connectivity index is 2.50. The molecule has 144 valence electrons. The maximum atomic E-state index is 13.0. The van der Waals surface area contributed by atoms with E-state index in [1.165, 1.54) is 6.92 Å². The number of hydrogen-bond donors (Lipinski definition) is 2. The number of hydrogen-bond acceptors (Lipinski definition) is 5. The monoisotopic (exact) mass is 354 g/mol. The second-order valence-electron chi connectivity index (χ2n) is 9.25. The van der Waals surface area contributed by atoms with Crippen LogP contribution in [-0.4, -0.2) is 40.3 Å². The van der Waals surface area contributed by atoms with Crippen molar-refractivity contribution >= 4 is 11.8 Å². The lowest BCUT2D eigenvalue weighted by molar-refractivity contribution is -0.218. The Morgan fingerprint density at radius 2 is 1.84 bits per heavy atom. The second-order valence-corrected chi connectivity index (χ2v) is 9.25. The topological polar surface area (TPSA) is 83.8 Å². The highest BCUT2D eigenvalue weighted by molar-refractivity contribution is 5.83. The van der Waals surface area contributed by atoms with Crippen LogP contribution in [0.3, 0.4) is 0 Å². The van der Waals surface area contributed by atoms with Crippen LogP contribution in [0.25, 0.3) is 0 Å². The van der Waals surface area contributed by atoms with E-state index in [2.05, 4.69) is 20.8 Å². The zero-order valence-electron chi connectivity index (χ0n) is 16.4. The lowest BCUT2D eigenvalue weighted by Crippen LogP contribution is -2.64. The van der Waals surface area contributed by atoms with Crippen LogP contribution in [0, 0.1) is 28.6 Å². The minimum absolute atomic E-state index is 0.0109. The van der Waals surface area contributed by atoms with Crippen LogP contribution in [0.2, 0.25) is 0 Å². The van der Waals surface area contributed by atoms with Crippen LogP contribution in [-0.2, 0) is 14.3 Å². The van der Waals surface area contributed by atoms with Gasteiger partial charge in [0, 0.05) is 25.2 Å². The van der Waals surface area contributed by atoms with E-state index < -0.39 is 24.3 Å². The van der Waals surface area contributed by atoms with Crippen molar-refractivity contribution in [3.63, 3.8) is 0 Å². The van der Waals surface area contributed by atoms with Crippen molar-refractivity contribution in [2.45, 2.75) is 85.5 Å². The van der Waals surface area contributed by atoms with Gasteiger partial charge in [0.2, 0.25) is 0 Å². The number of carbonyl (C=O) groups excluding carboxylic acids is 2. The molecule has 7 atom stereocenters. The zero-order valence-corrected chi connectivity index (χ0v) is 16.4. The highest BCUT2D eigenvalue weighted by Crippen LogP contribution is 2.61. The van der Waals surface area contributed by atoms with Gasteiger partial charge in [0.25, 0.3) is 0 Å². The quantitative estimate of drug-likeness (QED) is 0.759. The van der Waals surface area contributed by atoms with Gasteiger partial charge < -0.3 is 14.9 Å². The van der Waals surface area contributed by atoms with E-state index in [9.17, 15) is 19.8 Å². The number of Topliss-reactive ketones (excluding diaryl/α,β-unsaturated/α-hetero) is 1. The Bertz CT molecular complexity index is 526. The van der Waals surface area contributed by atoms with E-state index in [-0.39, 0.29) is 40.8 Å². The van der Waals surface area contributed by atoms with E-state index in [0.29, 0.717) is 0 Å². The van der Waals surface area contributed by atoms with E-state index >= 15 is 0 Å². The van der Waals surface area contributed by atoms with Gasteiger partial charge in [-0.1, -0.05) is 34.1 Å². The fourth-order valence-corrected chi connectivity index (χ4v) is 6.07. The van der Waals surface area contributed by atoms with Gasteiger partial charge >= 0.3 is 5.97 Å². The van der Waals surface area contributed by atoms with Crippen molar-refractivity contribution in [2.24, 2.45) is 28.6 Å². The van der Waals surface area contributed by atoms with Crippen LogP contribution in [0.4, 0.5) is 0 Å². The van der Waals surface area contributed by atoms with Crippen LogP contribution in [0.15, 0.2) is 0 Å². The number of ketones is 1. The molecule has 0 aromatic carbocycles. The molecule has 0 spiro atoms. The van der Waals surface area contributed by atoms with Crippen molar-refractivity contribution in [1.29, 1.82) is 0 Å². The highest BCUT2D eigenvalue weighted by Gasteiger charge is 2.63. The molecule has 0 aromatic rings. The molecule has 2 unspecified atom stereocenters. The van der Waals surface area contributed by atoms with Crippen LogP contribution in [0.1, 0.15) is 67.2 Å². The summed E-state index contributed by atoms with van der Waals surface area (Å²) in [5.74, 6) is -1.16. The Kier molecular flexibility index (Phi) is 5.70. The fourth-order valence-electron chi connectivity index (χ4n) is 6.07. The van der Waals surface area contributed by atoms with Crippen molar-refractivity contribution in [3.05, 3.63) is 0 Å². The molecule has 25 heavy (non-hydrogen) atoms. The Hall–Kier alpha value is -0.940. The minimum Gasteiger partial charge on any atom is -0.459 e. The molecular weight excluding hydrogens is 320 g/mol. The number of aliphatic hydroxyl groups excluding tert-OH is 2. The summed E-state index contributed by atoms with van der Waals surface area (Å²) in [7, 11) is 0. The lowest BCUT2D eigenvalue weighted by atomic mass is 9.44. The standard InChI is InChI=1S/C20H34O5/c1-11(21)10-14(23)15-12(2)17(25-13(3)22)16(24)18-19(4,5)8-7-9-20(15,18)6/h11-12,15-18,21,24H,7-10H2,1-6H3/t11-,12-,15?,16-,17-,18?,20-/m1/s1. The summed E-state index contributed by atoms with van der Waals surface area (Å²) >= 11 is 0. The largest absolute Gasteiger partial charge is 0.459 e. The maximum absolute atomic E-state index is 13.0. The molecule has 0 aliphatic heterocycles. The second kappa shape index (κ2) is 6.99. The first-order chi connectivity index (χ1) is 11.4. The fraction of sp³-hybridized carbons (Fsp3) is 0.900. The molecule has 0 heterocycles. The molecule has 0 amide bonds. The smallest absolute Gasteiger partial charge is 0.303 e. The third kappa shape index (κ3) is 3.63. The average Bonchev–Trinajstić information content (AvgIpc) is 2.40. The molecule has 2 rings (SSSR count). The molecule has 2 aliphatic carbocycles. The summed E-state index contributed by atoms with van der Waals surface area (Å²) in [6.45, 7) is 11.2. The van der Waals surface area contributed by atoms with Crippen molar-refractivity contribution < 1.29 is 24.5 Å². The molecule has 5 heteroatoms. The van der Waals surface area contributed by atoms with Crippen molar-refractivity contribution in [3.8, 4) is 0 Å². The molecule has 2 saturated carbocycles. The molecular formula is C20H34O5. The maximum Gasteiger partial charge on any atom is 0.303 e. The normalized spacial score (nSPS) is 41.5.